The molecular weight excluding hydrogens is 266 g/mol. The van der Waals surface area contributed by atoms with Gasteiger partial charge in [-0.25, -0.2) is 0 Å². The molecule has 0 spiro atoms. The molecule has 1 aromatic carbocycles. The number of nitrogens with zero attached hydrogens (tertiary/aromatic N) is 1. The molecule has 1 heterocycles. The molecule has 1 amide bonds. The summed E-state index contributed by atoms with van der Waals surface area (Å²) in [6, 6.07) is 10.6. The molecule has 0 aromatic heterocycles. The van der Waals surface area contributed by atoms with Gasteiger partial charge in [0.05, 0.1) is 6.61 Å². The molecule has 2 atom stereocenters. The third-order valence-electron chi connectivity index (χ3n) is 3.82. The fraction of sp³-hybridized carbons (Fsp3) is 0.562. The quantitative estimate of drug-likeness (QED) is 0.806. The number of morpholine rings is 1. The van der Waals surface area contributed by atoms with Crippen LogP contribution in [0.4, 0.5) is 0 Å². The summed E-state index contributed by atoms with van der Waals surface area (Å²) in [7, 11) is 2.07. The molecular formula is C16H25N3O2. The number of nitrogens with one attached hydrogen (secondary N) is 2. The molecule has 1 saturated heterocycles. The van der Waals surface area contributed by atoms with Gasteiger partial charge in [0.1, 0.15) is 6.10 Å². The van der Waals surface area contributed by atoms with Crippen molar-refractivity contribution in [3.05, 3.63) is 35.9 Å². The Balaban J connectivity index is 1.73. The second-order valence-corrected chi connectivity index (χ2v) is 5.56. The Bertz CT molecular complexity index is 432. The molecule has 1 aliphatic heterocycles. The van der Waals surface area contributed by atoms with Gasteiger partial charge in [0.2, 0.25) is 0 Å². The van der Waals surface area contributed by atoms with Gasteiger partial charge < -0.3 is 15.4 Å². The summed E-state index contributed by atoms with van der Waals surface area (Å²) < 4.78 is 5.44. The molecule has 5 heteroatoms. The molecule has 2 rings (SSSR count). The number of rotatable bonds is 6. The molecule has 1 fully saturated rings. The topological polar surface area (TPSA) is 53.6 Å². The van der Waals surface area contributed by atoms with E-state index >= 15 is 0 Å². The number of benzene rings is 1. The molecule has 116 valence electrons. The highest BCUT2D eigenvalue weighted by atomic mass is 16.5. The van der Waals surface area contributed by atoms with E-state index in [9.17, 15) is 4.79 Å². The summed E-state index contributed by atoms with van der Waals surface area (Å²) >= 11 is 0. The number of hydrogen-bond donors (Lipinski definition) is 2. The molecule has 1 aliphatic rings. The van der Waals surface area contributed by atoms with Crippen molar-refractivity contribution in [1.82, 2.24) is 15.5 Å². The van der Waals surface area contributed by atoms with Crippen molar-refractivity contribution >= 4 is 5.91 Å². The van der Waals surface area contributed by atoms with Crippen LogP contribution >= 0.6 is 0 Å². The van der Waals surface area contributed by atoms with Crippen molar-refractivity contribution in [1.29, 1.82) is 0 Å². The Morgan fingerprint density at radius 3 is 2.90 bits per heavy atom. The highest BCUT2D eigenvalue weighted by Gasteiger charge is 2.22. The standard InChI is InChI=1S/C16H25N3O2/c1-13(19(2)12-14-6-4-3-5-7-14)10-18-16(20)15-11-17-8-9-21-15/h3-7,13,15,17H,8-12H2,1-2H3,(H,18,20). The summed E-state index contributed by atoms with van der Waals surface area (Å²) in [6.07, 6.45) is -0.356. The van der Waals surface area contributed by atoms with Crippen LogP contribution in [0.25, 0.3) is 0 Å². The fourth-order valence-electron chi connectivity index (χ4n) is 2.28. The van der Waals surface area contributed by atoms with E-state index in [1.54, 1.807) is 0 Å². The normalized spacial score (nSPS) is 20.2. The predicted molar refractivity (Wildman–Crippen MR) is 83.0 cm³/mol. The van der Waals surface area contributed by atoms with E-state index in [0.29, 0.717) is 19.7 Å². The minimum atomic E-state index is -0.356. The first-order chi connectivity index (χ1) is 10.2. The molecule has 0 bridgehead atoms. The monoisotopic (exact) mass is 291 g/mol. The average molecular weight is 291 g/mol. The Hall–Kier alpha value is -1.43. The number of likely N-dealkylation sites (N-methyl/N-ethyl adjacent to an activating group) is 1. The molecule has 1 aromatic rings. The van der Waals surface area contributed by atoms with Crippen molar-refractivity contribution in [2.45, 2.75) is 25.6 Å². The van der Waals surface area contributed by atoms with Gasteiger partial charge in [0, 0.05) is 32.2 Å². The summed E-state index contributed by atoms with van der Waals surface area (Å²) in [5, 5.41) is 6.14. The molecule has 0 aliphatic carbocycles. The molecule has 2 N–H and O–H groups in total. The van der Waals surface area contributed by atoms with E-state index in [0.717, 1.165) is 13.1 Å². The summed E-state index contributed by atoms with van der Waals surface area (Å²) in [5.74, 6) is -0.0258. The van der Waals surface area contributed by atoms with Crippen LogP contribution in [0.2, 0.25) is 0 Å². The van der Waals surface area contributed by atoms with Gasteiger partial charge in [-0.15, -0.1) is 0 Å². The number of amides is 1. The van der Waals surface area contributed by atoms with E-state index in [-0.39, 0.29) is 18.1 Å². The van der Waals surface area contributed by atoms with E-state index in [2.05, 4.69) is 41.6 Å². The minimum Gasteiger partial charge on any atom is -0.366 e. The third kappa shape index (κ3) is 5.12. The zero-order valence-electron chi connectivity index (χ0n) is 12.8. The van der Waals surface area contributed by atoms with Crippen LogP contribution in [0.3, 0.4) is 0 Å². The van der Waals surface area contributed by atoms with Crippen LogP contribution in [0.5, 0.6) is 0 Å². The first kappa shape index (κ1) is 15.9. The number of hydrogen-bond acceptors (Lipinski definition) is 4. The Kier molecular flexibility index (Phi) is 6.17. The third-order valence-corrected chi connectivity index (χ3v) is 3.82. The number of ether oxygens (including phenoxy) is 1. The maximum Gasteiger partial charge on any atom is 0.250 e. The lowest BCUT2D eigenvalue weighted by Crippen LogP contribution is -2.50. The Labute approximate surface area is 126 Å². The van der Waals surface area contributed by atoms with Crippen molar-refractivity contribution in [3.63, 3.8) is 0 Å². The van der Waals surface area contributed by atoms with Gasteiger partial charge in [-0.2, -0.15) is 0 Å². The largest absolute Gasteiger partial charge is 0.366 e. The average Bonchev–Trinajstić information content (AvgIpc) is 2.54. The first-order valence-electron chi connectivity index (χ1n) is 7.51. The molecule has 0 saturated carbocycles. The van der Waals surface area contributed by atoms with Crippen molar-refractivity contribution in [2.75, 3.05) is 33.3 Å². The van der Waals surface area contributed by atoms with E-state index in [4.69, 9.17) is 4.74 Å². The van der Waals surface area contributed by atoms with Crippen molar-refractivity contribution in [3.8, 4) is 0 Å². The predicted octanol–water partition coefficient (Wildman–Crippen LogP) is 0.612. The smallest absolute Gasteiger partial charge is 0.250 e. The molecule has 2 unspecified atom stereocenters. The number of carbonyl (C=O) groups is 1. The van der Waals surface area contributed by atoms with Gasteiger partial charge in [0.15, 0.2) is 0 Å². The van der Waals surface area contributed by atoms with Gasteiger partial charge >= 0.3 is 0 Å². The van der Waals surface area contributed by atoms with E-state index in [1.807, 2.05) is 18.2 Å². The SMILES string of the molecule is CC(CNC(=O)C1CNCCO1)N(C)Cc1ccccc1. The summed E-state index contributed by atoms with van der Waals surface area (Å²) in [6.45, 7) is 5.63. The van der Waals surface area contributed by atoms with Crippen molar-refractivity contribution in [2.24, 2.45) is 0 Å². The second-order valence-electron chi connectivity index (χ2n) is 5.56. The van der Waals surface area contributed by atoms with Crippen LogP contribution in [0.1, 0.15) is 12.5 Å². The van der Waals surface area contributed by atoms with Crippen LogP contribution in [-0.4, -0.2) is 56.2 Å². The lowest BCUT2D eigenvalue weighted by Gasteiger charge is -2.27. The lowest BCUT2D eigenvalue weighted by atomic mass is 10.2. The van der Waals surface area contributed by atoms with Gasteiger partial charge in [0.25, 0.3) is 5.91 Å². The van der Waals surface area contributed by atoms with Gasteiger partial charge in [-0.1, -0.05) is 30.3 Å². The second kappa shape index (κ2) is 8.12. The maximum atomic E-state index is 12.0. The molecule has 21 heavy (non-hydrogen) atoms. The molecule has 0 radical (unpaired) electrons. The highest BCUT2D eigenvalue weighted by Crippen LogP contribution is 2.05. The van der Waals surface area contributed by atoms with Gasteiger partial charge in [-0.3, -0.25) is 9.69 Å². The van der Waals surface area contributed by atoms with Crippen LogP contribution < -0.4 is 10.6 Å². The minimum absolute atomic E-state index is 0.0258. The molecule has 5 nitrogen and oxygen atoms in total. The Morgan fingerprint density at radius 1 is 1.48 bits per heavy atom. The Morgan fingerprint density at radius 2 is 2.24 bits per heavy atom. The maximum absolute atomic E-state index is 12.0. The van der Waals surface area contributed by atoms with Crippen LogP contribution in [0.15, 0.2) is 30.3 Å². The summed E-state index contributed by atoms with van der Waals surface area (Å²) in [5.41, 5.74) is 1.28. The number of carbonyl (C=O) groups excluding carboxylic acids is 1. The highest BCUT2D eigenvalue weighted by molar-refractivity contribution is 5.81. The van der Waals surface area contributed by atoms with E-state index < -0.39 is 0 Å². The van der Waals surface area contributed by atoms with Crippen LogP contribution in [-0.2, 0) is 16.1 Å². The zero-order valence-corrected chi connectivity index (χ0v) is 12.8. The van der Waals surface area contributed by atoms with Gasteiger partial charge in [-0.05, 0) is 19.5 Å². The first-order valence-corrected chi connectivity index (χ1v) is 7.51. The zero-order chi connectivity index (χ0) is 15.1. The lowest BCUT2D eigenvalue weighted by molar-refractivity contribution is -0.134. The summed E-state index contributed by atoms with van der Waals surface area (Å²) in [4.78, 5) is 14.2. The van der Waals surface area contributed by atoms with Crippen LogP contribution in [0, 0.1) is 0 Å². The van der Waals surface area contributed by atoms with Crippen molar-refractivity contribution < 1.29 is 9.53 Å². The fourth-order valence-corrected chi connectivity index (χ4v) is 2.28. The van der Waals surface area contributed by atoms with E-state index in [1.165, 1.54) is 5.56 Å².